The zero-order chi connectivity index (χ0) is 24.4. The van der Waals surface area contributed by atoms with Gasteiger partial charge in [-0.25, -0.2) is 4.79 Å². The molecule has 4 aliphatic rings. The van der Waals surface area contributed by atoms with E-state index in [1.54, 1.807) is 18.2 Å². The molecule has 3 aliphatic heterocycles. The number of amides is 4. The van der Waals surface area contributed by atoms with Gasteiger partial charge in [-0.3, -0.25) is 19.8 Å². The molecule has 3 saturated heterocycles. The molecule has 1 aromatic rings. The second kappa shape index (κ2) is 10.4. The summed E-state index contributed by atoms with van der Waals surface area (Å²) >= 11 is 6.35. The van der Waals surface area contributed by atoms with E-state index >= 15 is 0 Å². The van der Waals surface area contributed by atoms with Gasteiger partial charge in [0.1, 0.15) is 0 Å². The van der Waals surface area contributed by atoms with Gasteiger partial charge in [-0.05, 0) is 68.1 Å². The first-order chi connectivity index (χ1) is 16.9. The van der Waals surface area contributed by atoms with Gasteiger partial charge in [0.2, 0.25) is 5.91 Å². The number of carbonyl (C=O) groups excluding carboxylic acids is 3. The van der Waals surface area contributed by atoms with Gasteiger partial charge in [-0.2, -0.15) is 0 Å². The molecule has 1 aromatic carbocycles. The third kappa shape index (κ3) is 5.49. The molecule has 4 amide bonds. The van der Waals surface area contributed by atoms with E-state index in [4.69, 9.17) is 11.6 Å². The number of anilines is 1. The van der Waals surface area contributed by atoms with Crippen molar-refractivity contribution in [1.82, 2.24) is 20.4 Å². The van der Waals surface area contributed by atoms with Crippen LogP contribution in [0.1, 0.15) is 55.3 Å². The second-order valence-electron chi connectivity index (χ2n) is 10.7. The summed E-state index contributed by atoms with van der Waals surface area (Å²) < 4.78 is 0. The van der Waals surface area contributed by atoms with Crippen LogP contribution in [0, 0.1) is 11.3 Å². The molecule has 9 heteroatoms. The van der Waals surface area contributed by atoms with Gasteiger partial charge < -0.3 is 15.1 Å². The lowest BCUT2D eigenvalue weighted by atomic mass is 9.65. The minimum Gasteiger partial charge on any atom is -0.339 e. The maximum Gasteiger partial charge on any atom is 0.328 e. The Bertz CT molecular complexity index is 962. The number of piperazine rings is 1. The average Bonchev–Trinajstić information content (AvgIpc) is 2.87. The minimum absolute atomic E-state index is 0.0151. The minimum atomic E-state index is -0.500. The van der Waals surface area contributed by atoms with Gasteiger partial charge >= 0.3 is 6.03 Å². The van der Waals surface area contributed by atoms with Gasteiger partial charge in [0.05, 0.1) is 10.7 Å². The van der Waals surface area contributed by atoms with Crippen LogP contribution < -0.4 is 15.5 Å². The molecular weight excluding hydrogens is 466 g/mol. The molecule has 190 valence electrons. The van der Waals surface area contributed by atoms with Crippen LogP contribution in [0.4, 0.5) is 10.5 Å². The highest BCUT2D eigenvalue weighted by atomic mass is 35.5. The summed E-state index contributed by atoms with van der Waals surface area (Å²) in [5.74, 6) is 0.501. The van der Waals surface area contributed by atoms with Crippen LogP contribution in [0.5, 0.6) is 0 Å². The number of hydrogen-bond acceptors (Lipinski definition) is 5. The Morgan fingerprint density at radius 3 is 2.40 bits per heavy atom. The standard InChI is InChI=1S/C26H36ClN5O3/c27-21-2-1-20(17-22(21)32-12-5-23(33)29-25(32)35)24(34)31-13-8-26(9-14-31)6-3-19(4-7-26)18-30-15-10-28-11-16-30/h1-2,17,19,28H,3-16,18H2,(H,29,33,35). The van der Waals surface area contributed by atoms with E-state index in [1.807, 2.05) is 4.90 Å². The van der Waals surface area contributed by atoms with Crippen LogP contribution >= 0.6 is 11.6 Å². The van der Waals surface area contributed by atoms with Crippen LogP contribution in [0.3, 0.4) is 0 Å². The number of urea groups is 1. The number of hydrogen-bond donors (Lipinski definition) is 2. The summed E-state index contributed by atoms with van der Waals surface area (Å²) in [7, 11) is 0. The number of likely N-dealkylation sites (tertiary alicyclic amines) is 1. The summed E-state index contributed by atoms with van der Waals surface area (Å²) in [4.78, 5) is 43.1. The van der Waals surface area contributed by atoms with E-state index in [2.05, 4.69) is 15.5 Å². The van der Waals surface area contributed by atoms with Crippen molar-refractivity contribution in [2.75, 3.05) is 57.3 Å². The molecule has 2 N–H and O–H groups in total. The number of rotatable bonds is 4. The Morgan fingerprint density at radius 1 is 1.00 bits per heavy atom. The molecule has 4 fully saturated rings. The maximum absolute atomic E-state index is 13.3. The van der Waals surface area contributed by atoms with Gasteiger partial charge in [-0.15, -0.1) is 0 Å². The fraction of sp³-hybridized carbons (Fsp3) is 0.654. The van der Waals surface area contributed by atoms with Gasteiger partial charge in [-0.1, -0.05) is 11.6 Å². The lowest BCUT2D eigenvalue weighted by molar-refractivity contribution is -0.120. The van der Waals surface area contributed by atoms with E-state index in [0.717, 1.165) is 44.9 Å². The Kier molecular flexibility index (Phi) is 7.32. The molecule has 1 spiro atoms. The molecule has 0 bridgehead atoms. The van der Waals surface area contributed by atoms with E-state index in [9.17, 15) is 14.4 Å². The van der Waals surface area contributed by atoms with Crippen LogP contribution in [-0.2, 0) is 4.79 Å². The van der Waals surface area contributed by atoms with Crippen molar-refractivity contribution in [2.24, 2.45) is 11.3 Å². The molecule has 0 aromatic heterocycles. The molecule has 1 aliphatic carbocycles. The quantitative estimate of drug-likeness (QED) is 0.662. The third-order valence-corrected chi connectivity index (χ3v) is 8.86. The van der Waals surface area contributed by atoms with Crippen molar-refractivity contribution in [1.29, 1.82) is 0 Å². The highest BCUT2D eigenvalue weighted by molar-refractivity contribution is 6.34. The predicted octanol–water partition coefficient (Wildman–Crippen LogP) is 3.10. The predicted molar refractivity (Wildman–Crippen MR) is 136 cm³/mol. The number of benzene rings is 1. The second-order valence-corrected chi connectivity index (χ2v) is 11.1. The highest BCUT2D eigenvalue weighted by Crippen LogP contribution is 2.46. The summed E-state index contributed by atoms with van der Waals surface area (Å²) in [6, 6.07) is 4.58. The Labute approximate surface area is 212 Å². The molecule has 3 heterocycles. The molecule has 0 unspecified atom stereocenters. The molecule has 5 rings (SSSR count). The van der Waals surface area contributed by atoms with E-state index in [-0.39, 0.29) is 24.8 Å². The zero-order valence-electron chi connectivity index (χ0n) is 20.4. The topological polar surface area (TPSA) is 85.0 Å². The molecular formula is C26H36ClN5O3. The van der Waals surface area contributed by atoms with Gasteiger partial charge in [0, 0.05) is 64.3 Å². The summed E-state index contributed by atoms with van der Waals surface area (Å²) in [6.07, 6.45) is 7.51. The van der Waals surface area contributed by atoms with Crippen LogP contribution in [0.2, 0.25) is 5.02 Å². The number of halogens is 1. The van der Waals surface area contributed by atoms with E-state index in [0.29, 0.717) is 21.7 Å². The van der Waals surface area contributed by atoms with Crippen molar-refractivity contribution in [3.05, 3.63) is 28.8 Å². The Balaban J connectivity index is 1.16. The lowest BCUT2D eigenvalue weighted by Crippen LogP contribution is -2.49. The van der Waals surface area contributed by atoms with Crippen LogP contribution in [-0.4, -0.2) is 80.0 Å². The summed E-state index contributed by atoms with van der Waals surface area (Å²) in [6.45, 7) is 7.61. The Morgan fingerprint density at radius 2 is 1.71 bits per heavy atom. The normalized spacial score (nSPS) is 24.0. The lowest BCUT2D eigenvalue weighted by Gasteiger charge is -2.46. The first-order valence-electron chi connectivity index (χ1n) is 13.1. The van der Waals surface area contributed by atoms with Crippen molar-refractivity contribution in [3.63, 3.8) is 0 Å². The first kappa shape index (κ1) is 24.5. The smallest absolute Gasteiger partial charge is 0.328 e. The van der Waals surface area contributed by atoms with Crippen molar-refractivity contribution < 1.29 is 14.4 Å². The van der Waals surface area contributed by atoms with Crippen molar-refractivity contribution in [3.8, 4) is 0 Å². The number of nitrogens with zero attached hydrogens (tertiary/aromatic N) is 3. The van der Waals surface area contributed by atoms with E-state index < -0.39 is 6.03 Å². The number of carbonyl (C=O) groups is 3. The molecule has 8 nitrogen and oxygen atoms in total. The zero-order valence-corrected chi connectivity index (χ0v) is 21.1. The number of imide groups is 1. The summed E-state index contributed by atoms with van der Waals surface area (Å²) in [5, 5.41) is 6.14. The summed E-state index contributed by atoms with van der Waals surface area (Å²) in [5.41, 5.74) is 1.39. The Hall–Kier alpha value is -2.16. The van der Waals surface area contributed by atoms with Crippen LogP contribution in [0.25, 0.3) is 0 Å². The monoisotopic (exact) mass is 501 g/mol. The van der Waals surface area contributed by atoms with Gasteiger partial charge in [0.25, 0.3) is 5.91 Å². The molecule has 1 saturated carbocycles. The maximum atomic E-state index is 13.3. The third-order valence-electron chi connectivity index (χ3n) is 8.54. The van der Waals surface area contributed by atoms with E-state index in [1.165, 1.54) is 50.2 Å². The highest BCUT2D eigenvalue weighted by Gasteiger charge is 2.39. The SMILES string of the molecule is O=C1CCN(c2cc(C(=O)N3CCC4(CCC(CN5CCNCC5)CC4)CC3)ccc2Cl)C(=O)N1. The molecule has 0 atom stereocenters. The number of piperidine rings is 1. The molecule has 0 radical (unpaired) electrons. The van der Waals surface area contributed by atoms with Gasteiger partial charge in [0.15, 0.2) is 0 Å². The van der Waals surface area contributed by atoms with Crippen LogP contribution in [0.15, 0.2) is 18.2 Å². The largest absolute Gasteiger partial charge is 0.339 e. The van der Waals surface area contributed by atoms with Crippen molar-refractivity contribution >= 4 is 35.1 Å². The fourth-order valence-electron chi connectivity index (χ4n) is 6.24. The molecule has 35 heavy (non-hydrogen) atoms. The number of nitrogens with one attached hydrogen (secondary N) is 2. The fourth-order valence-corrected chi connectivity index (χ4v) is 6.46. The van der Waals surface area contributed by atoms with Crippen molar-refractivity contribution in [2.45, 2.75) is 44.9 Å². The first-order valence-corrected chi connectivity index (χ1v) is 13.4. The average molecular weight is 502 g/mol.